The molecule has 0 aliphatic carbocycles. The maximum Gasteiger partial charge on any atom is 0.433 e. The molecule has 0 radical (unpaired) electrons. The third-order valence-corrected chi connectivity index (χ3v) is 1.89. The molecule has 1 heterocycles. The molecule has 0 saturated carbocycles. The Morgan fingerprint density at radius 3 is 2.78 bits per heavy atom. The molecule has 0 bridgehead atoms. The van der Waals surface area contributed by atoms with E-state index >= 15 is 0 Å². The van der Waals surface area contributed by atoms with E-state index in [-0.39, 0.29) is 18.2 Å². The molecule has 96 valence electrons. The van der Waals surface area contributed by atoms with E-state index in [9.17, 15) is 19.7 Å². The van der Waals surface area contributed by atoms with Crippen LogP contribution in [-0.4, -0.2) is 30.3 Å². The minimum atomic E-state index is -0.734. The van der Waals surface area contributed by atoms with Crippen LogP contribution in [0, 0.1) is 10.1 Å². The Kier molecular flexibility index (Phi) is 4.61. The number of nitrogens with zero attached hydrogens (tertiary/aromatic N) is 1. The zero-order chi connectivity index (χ0) is 13.5. The average molecular weight is 253 g/mol. The molecule has 0 unspecified atom stereocenters. The number of rotatable bonds is 5. The molecule has 0 atom stereocenters. The van der Waals surface area contributed by atoms with Gasteiger partial charge in [0, 0.05) is 19.7 Å². The predicted octanol–water partition coefficient (Wildman–Crippen LogP) is 0.220. The number of nitrogens with one attached hydrogen (secondary N) is 2. The quantitative estimate of drug-likeness (QED) is 0.442. The molecular weight excluding hydrogens is 242 g/mol. The lowest BCUT2D eigenvalue weighted by molar-refractivity contribution is -0.402. The summed E-state index contributed by atoms with van der Waals surface area (Å²) in [5, 5.41) is 15.1. The summed E-state index contributed by atoms with van der Waals surface area (Å²) in [5.41, 5.74) is 0. The second-order valence-electron chi connectivity index (χ2n) is 3.12. The van der Waals surface area contributed by atoms with Crippen molar-refractivity contribution in [3.8, 4) is 0 Å². The van der Waals surface area contributed by atoms with Gasteiger partial charge < -0.3 is 15.1 Å². The first-order valence-electron chi connectivity index (χ1n) is 4.95. The molecule has 2 amide bonds. The Bertz CT molecular complexity index is 491. The van der Waals surface area contributed by atoms with E-state index in [0.717, 1.165) is 6.07 Å². The molecule has 2 N–H and O–H groups in total. The molecule has 1 rings (SSSR count). The topological polar surface area (TPSA) is 114 Å². The van der Waals surface area contributed by atoms with Gasteiger partial charge in [0.25, 0.3) is 5.91 Å². The Morgan fingerprint density at radius 1 is 1.50 bits per heavy atom. The molecule has 8 heteroatoms. The third kappa shape index (κ3) is 3.74. The van der Waals surface area contributed by atoms with Gasteiger partial charge in [0.15, 0.2) is 5.76 Å². The van der Waals surface area contributed by atoms with E-state index in [4.69, 9.17) is 4.42 Å². The molecule has 1 aromatic heterocycles. The van der Waals surface area contributed by atoms with Crippen molar-refractivity contribution in [2.24, 2.45) is 0 Å². The van der Waals surface area contributed by atoms with Gasteiger partial charge in [0.05, 0.1) is 6.07 Å². The number of carbonyl (C=O) groups is 2. The third-order valence-electron chi connectivity index (χ3n) is 1.89. The minimum absolute atomic E-state index is 0.112. The van der Waals surface area contributed by atoms with Crippen LogP contribution in [0.2, 0.25) is 0 Å². The first-order valence-corrected chi connectivity index (χ1v) is 4.95. The summed E-state index contributed by atoms with van der Waals surface area (Å²) < 4.78 is 4.69. The fourth-order valence-electron chi connectivity index (χ4n) is 1.04. The van der Waals surface area contributed by atoms with Crippen molar-refractivity contribution in [2.45, 2.75) is 0 Å². The highest BCUT2D eigenvalue weighted by molar-refractivity contribution is 5.92. The van der Waals surface area contributed by atoms with Gasteiger partial charge in [-0.3, -0.25) is 19.7 Å². The largest absolute Gasteiger partial charge is 0.433 e. The van der Waals surface area contributed by atoms with Crippen molar-refractivity contribution in [3.63, 3.8) is 0 Å². The number of nitro groups is 1. The predicted molar refractivity (Wildman–Crippen MR) is 60.9 cm³/mol. The van der Waals surface area contributed by atoms with Crippen molar-refractivity contribution >= 4 is 17.7 Å². The van der Waals surface area contributed by atoms with Crippen molar-refractivity contribution in [2.75, 3.05) is 13.6 Å². The minimum Gasteiger partial charge on any atom is -0.395 e. The molecule has 1 aromatic rings. The summed E-state index contributed by atoms with van der Waals surface area (Å²) in [5.74, 6) is -1.54. The van der Waals surface area contributed by atoms with Crippen LogP contribution in [0.3, 0.4) is 0 Å². The number of hydrogen-bond acceptors (Lipinski definition) is 5. The first-order chi connectivity index (χ1) is 8.54. The number of likely N-dealkylation sites (N-methyl/N-ethyl adjacent to an activating group) is 1. The van der Waals surface area contributed by atoms with Crippen LogP contribution in [0.15, 0.2) is 28.7 Å². The van der Waals surface area contributed by atoms with E-state index in [1.807, 2.05) is 0 Å². The standard InChI is InChI=1S/C10H11N3O5/c1-11-8(14)3-2-6-12-10(15)7-4-5-9(18-7)13(16)17/h2-5H,6H2,1H3,(H,11,14)(H,12,15)/b3-2+. The summed E-state index contributed by atoms with van der Waals surface area (Å²) in [6.45, 7) is 0.112. The van der Waals surface area contributed by atoms with Gasteiger partial charge in [0.2, 0.25) is 5.91 Å². The Hall–Kier alpha value is -2.64. The highest BCUT2D eigenvalue weighted by Gasteiger charge is 2.16. The summed E-state index contributed by atoms with van der Waals surface area (Å²) in [6, 6.07) is 2.30. The van der Waals surface area contributed by atoms with Gasteiger partial charge in [-0.1, -0.05) is 6.08 Å². The molecule has 0 fully saturated rings. The lowest BCUT2D eigenvalue weighted by atomic mass is 10.4. The van der Waals surface area contributed by atoms with Gasteiger partial charge in [-0.05, 0) is 6.07 Å². The van der Waals surface area contributed by atoms with Crippen molar-refractivity contribution in [1.82, 2.24) is 10.6 Å². The second-order valence-corrected chi connectivity index (χ2v) is 3.12. The highest BCUT2D eigenvalue weighted by atomic mass is 16.6. The zero-order valence-electron chi connectivity index (χ0n) is 9.50. The first kappa shape index (κ1) is 13.4. The van der Waals surface area contributed by atoms with E-state index in [0.29, 0.717) is 0 Å². The van der Waals surface area contributed by atoms with E-state index in [1.165, 1.54) is 25.3 Å². The molecule has 0 saturated heterocycles. The van der Waals surface area contributed by atoms with E-state index in [1.54, 1.807) is 0 Å². The number of furan rings is 1. The molecule has 0 aliphatic rings. The molecule has 0 aromatic carbocycles. The number of amides is 2. The van der Waals surface area contributed by atoms with Crippen LogP contribution >= 0.6 is 0 Å². The van der Waals surface area contributed by atoms with Gasteiger partial charge in [-0.25, -0.2) is 0 Å². The number of carbonyl (C=O) groups excluding carboxylic acids is 2. The normalized spacial score (nSPS) is 10.3. The SMILES string of the molecule is CNC(=O)/C=C/CNC(=O)c1ccc([N+](=O)[O-])o1. The summed E-state index contributed by atoms with van der Waals surface area (Å²) >= 11 is 0. The molecule has 18 heavy (non-hydrogen) atoms. The van der Waals surface area contributed by atoms with Crippen LogP contribution in [0.5, 0.6) is 0 Å². The summed E-state index contributed by atoms with van der Waals surface area (Å²) in [4.78, 5) is 31.8. The van der Waals surface area contributed by atoms with Gasteiger partial charge >= 0.3 is 5.88 Å². The summed E-state index contributed by atoms with van der Waals surface area (Å²) in [6.07, 6.45) is 2.69. The van der Waals surface area contributed by atoms with Gasteiger partial charge in [-0.15, -0.1) is 0 Å². The number of hydrogen-bond donors (Lipinski definition) is 2. The Morgan fingerprint density at radius 2 is 2.22 bits per heavy atom. The van der Waals surface area contributed by atoms with Crippen molar-refractivity contribution in [1.29, 1.82) is 0 Å². The maximum absolute atomic E-state index is 11.4. The smallest absolute Gasteiger partial charge is 0.395 e. The lowest BCUT2D eigenvalue weighted by Gasteiger charge is -1.97. The molecule has 0 spiro atoms. The van der Waals surface area contributed by atoms with Crippen molar-refractivity contribution in [3.05, 3.63) is 40.2 Å². The van der Waals surface area contributed by atoms with Crippen LogP contribution < -0.4 is 10.6 Å². The molecular formula is C10H11N3O5. The fraction of sp³-hybridized carbons (Fsp3) is 0.200. The monoisotopic (exact) mass is 253 g/mol. The Balaban J connectivity index is 2.48. The summed E-state index contributed by atoms with van der Waals surface area (Å²) in [7, 11) is 1.48. The Labute approximate surface area is 102 Å². The second kappa shape index (κ2) is 6.18. The van der Waals surface area contributed by atoms with Gasteiger partial charge in [0.1, 0.15) is 4.92 Å². The fourth-order valence-corrected chi connectivity index (χ4v) is 1.04. The highest BCUT2D eigenvalue weighted by Crippen LogP contribution is 2.15. The van der Waals surface area contributed by atoms with Gasteiger partial charge in [-0.2, -0.15) is 0 Å². The van der Waals surface area contributed by atoms with Crippen LogP contribution in [0.1, 0.15) is 10.6 Å². The average Bonchev–Trinajstić information content (AvgIpc) is 2.83. The van der Waals surface area contributed by atoms with E-state index < -0.39 is 16.7 Å². The zero-order valence-corrected chi connectivity index (χ0v) is 9.50. The van der Waals surface area contributed by atoms with Crippen LogP contribution in [-0.2, 0) is 4.79 Å². The lowest BCUT2D eigenvalue weighted by Crippen LogP contribution is -2.23. The van der Waals surface area contributed by atoms with Crippen LogP contribution in [0.4, 0.5) is 5.88 Å². The maximum atomic E-state index is 11.4. The van der Waals surface area contributed by atoms with Crippen LogP contribution in [0.25, 0.3) is 0 Å². The molecule has 8 nitrogen and oxygen atoms in total. The van der Waals surface area contributed by atoms with Crippen molar-refractivity contribution < 1.29 is 18.9 Å². The van der Waals surface area contributed by atoms with E-state index in [2.05, 4.69) is 10.6 Å². The molecule has 0 aliphatic heterocycles.